The first-order valence-corrected chi connectivity index (χ1v) is 8.16. The van der Waals surface area contributed by atoms with Crippen molar-refractivity contribution in [2.75, 3.05) is 43.4 Å². The van der Waals surface area contributed by atoms with E-state index in [1.807, 2.05) is 23.6 Å². The van der Waals surface area contributed by atoms with Crippen molar-refractivity contribution in [1.29, 1.82) is 0 Å². The van der Waals surface area contributed by atoms with E-state index in [4.69, 9.17) is 0 Å². The second-order valence-electron chi connectivity index (χ2n) is 5.36. The molecule has 0 aromatic carbocycles. The molecular formula is C15H19N5OS. The lowest BCUT2D eigenvalue weighted by Gasteiger charge is -2.33. The number of rotatable bonds is 4. The number of carbonyl (C=O) groups excluding carboxylic acids is 1. The van der Waals surface area contributed by atoms with Crippen LogP contribution in [0.5, 0.6) is 0 Å². The average molecular weight is 317 g/mol. The summed E-state index contributed by atoms with van der Waals surface area (Å²) in [4.78, 5) is 26.0. The summed E-state index contributed by atoms with van der Waals surface area (Å²) in [5.74, 6) is 1.38. The van der Waals surface area contributed by atoms with Gasteiger partial charge in [0.1, 0.15) is 18.0 Å². The largest absolute Gasteiger partial charge is 0.354 e. The first-order valence-electron chi connectivity index (χ1n) is 7.28. The van der Waals surface area contributed by atoms with Crippen LogP contribution < -0.4 is 10.2 Å². The Balaban J connectivity index is 1.62. The quantitative estimate of drug-likeness (QED) is 0.925. The van der Waals surface area contributed by atoms with Crippen LogP contribution in [-0.2, 0) is 11.2 Å². The Kier molecular flexibility index (Phi) is 4.65. The number of hydrogen-bond acceptors (Lipinski definition) is 6. The van der Waals surface area contributed by atoms with Gasteiger partial charge in [-0.25, -0.2) is 9.97 Å². The molecule has 2 aromatic heterocycles. The molecule has 1 aliphatic rings. The molecule has 116 valence electrons. The van der Waals surface area contributed by atoms with E-state index in [1.165, 1.54) is 6.33 Å². The van der Waals surface area contributed by atoms with Crippen LogP contribution in [0.15, 0.2) is 29.9 Å². The van der Waals surface area contributed by atoms with Crippen LogP contribution in [0.25, 0.3) is 0 Å². The predicted octanol–water partition coefficient (Wildman–Crippen LogP) is 1.47. The lowest BCUT2D eigenvalue weighted by molar-refractivity contribution is -0.115. The number of aromatic nitrogens is 2. The third kappa shape index (κ3) is 3.80. The third-order valence-corrected chi connectivity index (χ3v) is 4.54. The Morgan fingerprint density at radius 2 is 2.14 bits per heavy atom. The van der Waals surface area contributed by atoms with Crippen LogP contribution in [0.2, 0.25) is 0 Å². The van der Waals surface area contributed by atoms with Gasteiger partial charge in [0.15, 0.2) is 0 Å². The number of thiophene rings is 1. The molecule has 0 saturated carbocycles. The van der Waals surface area contributed by atoms with Gasteiger partial charge >= 0.3 is 0 Å². The average Bonchev–Trinajstić information content (AvgIpc) is 3.01. The summed E-state index contributed by atoms with van der Waals surface area (Å²) in [6.07, 6.45) is 1.89. The van der Waals surface area contributed by atoms with Gasteiger partial charge < -0.3 is 15.1 Å². The smallest absolute Gasteiger partial charge is 0.230 e. The summed E-state index contributed by atoms with van der Waals surface area (Å²) < 4.78 is 0. The number of piperazine rings is 1. The molecule has 7 heteroatoms. The van der Waals surface area contributed by atoms with Crippen LogP contribution >= 0.6 is 11.3 Å². The Bertz CT molecular complexity index is 623. The van der Waals surface area contributed by atoms with Gasteiger partial charge in [0.25, 0.3) is 0 Å². The van der Waals surface area contributed by atoms with Crippen molar-refractivity contribution in [3.63, 3.8) is 0 Å². The predicted molar refractivity (Wildman–Crippen MR) is 88.4 cm³/mol. The van der Waals surface area contributed by atoms with E-state index in [2.05, 4.69) is 32.1 Å². The summed E-state index contributed by atoms with van der Waals surface area (Å²) >= 11 is 1.58. The van der Waals surface area contributed by atoms with Crippen molar-refractivity contribution in [1.82, 2.24) is 14.9 Å². The second kappa shape index (κ2) is 6.85. The molecule has 1 aliphatic heterocycles. The highest BCUT2D eigenvalue weighted by Crippen LogP contribution is 2.16. The number of carbonyl (C=O) groups is 1. The Morgan fingerprint density at radius 1 is 1.32 bits per heavy atom. The van der Waals surface area contributed by atoms with E-state index in [0.717, 1.165) is 36.9 Å². The zero-order valence-electron chi connectivity index (χ0n) is 12.5. The minimum Gasteiger partial charge on any atom is -0.354 e. The number of hydrogen-bond donors (Lipinski definition) is 1. The molecule has 1 N–H and O–H groups in total. The maximum Gasteiger partial charge on any atom is 0.230 e. The van der Waals surface area contributed by atoms with Gasteiger partial charge in [-0.2, -0.15) is 0 Å². The van der Waals surface area contributed by atoms with Crippen molar-refractivity contribution >= 4 is 28.9 Å². The highest BCUT2D eigenvalue weighted by Gasteiger charge is 2.16. The molecule has 0 unspecified atom stereocenters. The van der Waals surface area contributed by atoms with E-state index in [9.17, 15) is 4.79 Å². The van der Waals surface area contributed by atoms with Gasteiger partial charge in [-0.3, -0.25) is 4.79 Å². The van der Waals surface area contributed by atoms with Gasteiger partial charge in [-0.05, 0) is 18.5 Å². The van der Waals surface area contributed by atoms with Gasteiger partial charge in [0.05, 0.1) is 6.42 Å². The van der Waals surface area contributed by atoms with E-state index < -0.39 is 0 Å². The lowest BCUT2D eigenvalue weighted by Crippen LogP contribution is -2.44. The molecular weight excluding hydrogens is 298 g/mol. The Morgan fingerprint density at radius 3 is 2.86 bits per heavy atom. The van der Waals surface area contributed by atoms with Crippen molar-refractivity contribution in [2.45, 2.75) is 6.42 Å². The van der Waals surface area contributed by atoms with E-state index in [1.54, 1.807) is 11.3 Å². The SMILES string of the molecule is CN1CCN(c2cc(NC(=O)Cc3cccs3)ncn2)CC1. The molecule has 0 aliphatic carbocycles. The standard InChI is InChI=1S/C15H19N5OS/c1-19-4-6-20(7-5-19)14-10-13(16-11-17-14)18-15(21)9-12-3-2-8-22-12/h2-3,8,10-11H,4-7,9H2,1H3,(H,16,17,18,21). The maximum absolute atomic E-state index is 12.0. The zero-order chi connectivity index (χ0) is 15.4. The molecule has 2 aromatic rings. The summed E-state index contributed by atoms with van der Waals surface area (Å²) in [7, 11) is 2.12. The molecule has 0 bridgehead atoms. The number of nitrogens with zero attached hydrogens (tertiary/aromatic N) is 4. The molecule has 3 heterocycles. The highest BCUT2D eigenvalue weighted by atomic mass is 32.1. The maximum atomic E-state index is 12.0. The molecule has 22 heavy (non-hydrogen) atoms. The van der Waals surface area contributed by atoms with Crippen molar-refractivity contribution in [2.24, 2.45) is 0 Å². The fraction of sp³-hybridized carbons (Fsp3) is 0.400. The van der Waals surface area contributed by atoms with Crippen molar-refractivity contribution in [3.8, 4) is 0 Å². The molecule has 0 atom stereocenters. The van der Waals surface area contributed by atoms with Gasteiger partial charge in [-0.1, -0.05) is 6.07 Å². The molecule has 1 saturated heterocycles. The summed E-state index contributed by atoms with van der Waals surface area (Å²) in [5.41, 5.74) is 0. The van der Waals surface area contributed by atoms with E-state index >= 15 is 0 Å². The van der Waals surface area contributed by atoms with Gasteiger partial charge in [-0.15, -0.1) is 11.3 Å². The first kappa shape index (κ1) is 14.9. The van der Waals surface area contributed by atoms with Gasteiger partial charge in [0.2, 0.25) is 5.91 Å². The number of nitrogens with one attached hydrogen (secondary N) is 1. The van der Waals surface area contributed by atoms with Crippen molar-refractivity contribution < 1.29 is 4.79 Å². The second-order valence-corrected chi connectivity index (χ2v) is 6.39. The molecule has 3 rings (SSSR count). The summed E-state index contributed by atoms with van der Waals surface area (Å²) in [6, 6.07) is 5.75. The zero-order valence-corrected chi connectivity index (χ0v) is 13.3. The van der Waals surface area contributed by atoms with Crippen LogP contribution in [0, 0.1) is 0 Å². The Labute approximate surface area is 133 Å². The third-order valence-electron chi connectivity index (χ3n) is 3.66. The lowest BCUT2D eigenvalue weighted by atomic mass is 10.3. The fourth-order valence-corrected chi connectivity index (χ4v) is 3.09. The number of amides is 1. The molecule has 1 amide bonds. The highest BCUT2D eigenvalue weighted by molar-refractivity contribution is 7.10. The van der Waals surface area contributed by atoms with E-state index in [-0.39, 0.29) is 5.91 Å². The minimum atomic E-state index is -0.0505. The van der Waals surface area contributed by atoms with Gasteiger partial charge in [0, 0.05) is 37.1 Å². The van der Waals surface area contributed by atoms with Crippen LogP contribution in [0.1, 0.15) is 4.88 Å². The molecule has 6 nitrogen and oxygen atoms in total. The molecule has 0 spiro atoms. The monoisotopic (exact) mass is 317 g/mol. The van der Waals surface area contributed by atoms with Crippen LogP contribution in [0.4, 0.5) is 11.6 Å². The number of likely N-dealkylation sites (N-methyl/N-ethyl adjacent to an activating group) is 1. The van der Waals surface area contributed by atoms with Crippen LogP contribution in [0.3, 0.4) is 0 Å². The molecule has 1 fully saturated rings. The van der Waals surface area contributed by atoms with E-state index in [0.29, 0.717) is 12.2 Å². The topological polar surface area (TPSA) is 61.4 Å². The summed E-state index contributed by atoms with van der Waals surface area (Å²) in [5, 5.41) is 4.82. The molecule has 0 radical (unpaired) electrons. The normalized spacial score (nSPS) is 15.8. The van der Waals surface area contributed by atoms with Crippen molar-refractivity contribution in [3.05, 3.63) is 34.8 Å². The summed E-state index contributed by atoms with van der Waals surface area (Å²) in [6.45, 7) is 3.92. The Hall–Kier alpha value is -1.99. The minimum absolute atomic E-state index is 0.0505. The van der Waals surface area contributed by atoms with Crippen LogP contribution in [-0.4, -0.2) is 54.0 Å². The fourth-order valence-electron chi connectivity index (χ4n) is 2.38. The first-order chi connectivity index (χ1) is 10.7. The number of anilines is 2.